The first-order valence-electron chi connectivity index (χ1n) is 6.50. The first-order chi connectivity index (χ1) is 8.35. The van der Waals surface area contributed by atoms with Gasteiger partial charge in [0, 0.05) is 6.61 Å². The lowest BCUT2D eigenvalue weighted by Crippen LogP contribution is -2.42. The molecular formula is C13H21NO4. The van der Waals surface area contributed by atoms with E-state index >= 15 is 0 Å². The van der Waals surface area contributed by atoms with Crippen LogP contribution in [0.5, 0.6) is 0 Å². The maximum Gasteiger partial charge on any atom is 0.307 e. The number of carboxylic acid groups (broad SMARTS) is 1. The molecule has 0 aromatic carbocycles. The van der Waals surface area contributed by atoms with Gasteiger partial charge in [0.25, 0.3) is 0 Å². The minimum atomic E-state index is -0.884. The van der Waals surface area contributed by atoms with Crippen molar-refractivity contribution >= 4 is 11.9 Å². The largest absolute Gasteiger partial charge is 0.481 e. The van der Waals surface area contributed by atoms with Gasteiger partial charge in [-0.1, -0.05) is 13.8 Å². The normalized spacial score (nSPS) is 34.9. The quantitative estimate of drug-likeness (QED) is 0.786. The molecule has 0 radical (unpaired) electrons. The number of ether oxygens (including phenoxy) is 1. The van der Waals surface area contributed by atoms with Gasteiger partial charge in [0.1, 0.15) is 0 Å². The van der Waals surface area contributed by atoms with Crippen molar-refractivity contribution in [2.75, 3.05) is 6.61 Å². The Labute approximate surface area is 107 Å². The van der Waals surface area contributed by atoms with Crippen LogP contribution < -0.4 is 5.32 Å². The molecule has 5 nitrogen and oxygen atoms in total. The molecule has 4 unspecified atom stereocenters. The molecule has 4 atom stereocenters. The van der Waals surface area contributed by atoms with E-state index in [-0.39, 0.29) is 18.1 Å². The Bertz CT molecular complexity index is 360. The number of nitrogens with one attached hydrogen (secondary N) is 1. The Morgan fingerprint density at radius 2 is 2.06 bits per heavy atom. The summed E-state index contributed by atoms with van der Waals surface area (Å²) in [6, 6.07) is -0.0501. The van der Waals surface area contributed by atoms with Crippen LogP contribution in [0.25, 0.3) is 0 Å². The van der Waals surface area contributed by atoms with Gasteiger partial charge in [-0.15, -0.1) is 0 Å². The predicted molar refractivity (Wildman–Crippen MR) is 65.0 cm³/mol. The minimum Gasteiger partial charge on any atom is -0.481 e. The summed E-state index contributed by atoms with van der Waals surface area (Å²) in [4.78, 5) is 23.1. The third-order valence-corrected chi connectivity index (χ3v) is 4.27. The Kier molecular flexibility index (Phi) is 3.36. The SMILES string of the molecule is CC(NC(=O)C1C(C(=O)O)C1(C)C)C1CCCO1. The zero-order valence-corrected chi connectivity index (χ0v) is 11.1. The van der Waals surface area contributed by atoms with Crippen LogP contribution in [0.1, 0.15) is 33.6 Å². The molecule has 5 heteroatoms. The topological polar surface area (TPSA) is 75.6 Å². The lowest BCUT2D eigenvalue weighted by atomic mass is 10.1. The highest BCUT2D eigenvalue weighted by Gasteiger charge is 2.66. The number of rotatable bonds is 4. The molecule has 1 amide bonds. The first kappa shape index (κ1) is 13.3. The summed E-state index contributed by atoms with van der Waals surface area (Å²) in [6.07, 6.45) is 2.05. The molecule has 1 heterocycles. The van der Waals surface area contributed by atoms with Crippen LogP contribution in [0.4, 0.5) is 0 Å². The van der Waals surface area contributed by atoms with Crippen molar-refractivity contribution in [3.8, 4) is 0 Å². The molecule has 0 bridgehead atoms. The molecule has 2 N–H and O–H groups in total. The highest BCUT2D eigenvalue weighted by Crippen LogP contribution is 2.58. The van der Waals surface area contributed by atoms with Crippen molar-refractivity contribution in [2.45, 2.75) is 45.8 Å². The Morgan fingerprint density at radius 3 is 2.50 bits per heavy atom. The predicted octanol–water partition coefficient (Wildman–Crippen LogP) is 1.03. The van der Waals surface area contributed by atoms with Gasteiger partial charge in [0.15, 0.2) is 0 Å². The van der Waals surface area contributed by atoms with Crippen LogP contribution in [0.15, 0.2) is 0 Å². The number of carbonyl (C=O) groups excluding carboxylic acids is 1. The smallest absolute Gasteiger partial charge is 0.307 e. The molecule has 2 fully saturated rings. The fraction of sp³-hybridized carbons (Fsp3) is 0.846. The number of aliphatic carboxylic acids is 1. The molecule has 2 aliphatic rings. The Hall–Kier alpha value is -1.10. The second kappa shape index (κ2) is 4.53. The zero-order chi connectivity index (χ0) is 13.5. The number of amides is 1. The van der Waals surface area contributed by atoms with Gasteiger partial charge in [-0.2, -0.15) is 0 Å². The van der Waals surface area contributed by atoms with E-state index in [0.717, 1.165) is 19.4 Å². The Morgan fingerprint density at radius 1 is 1.39 bits per heavy atom. The summed E-state index contributed by atoms with van der Waals surface area (Å²) in [5.41, 5.74) is -0.438. The van der Waals surface area contributed by atoms with Crippen molar-refractivity contribution in [3.63, 3.8) is 0 Å². The number of carbonyl (C=O) groups is 2. The Balaban J connectivity index is 1.91. The summed E-state index contributed by atoms with van der Waals surface area (Å²) in [6.45, 7) is 6.32. The van der Waals surface area contributed by atoms with Crippen LogP contribution >= 0.6 is 0 Å². The third kappa shape index (κ3) is 2.23. The van der Waals surface area contributed by atoms with Crippen molar-refractivity contribution in [3.05, 3.63) is 0 Å². The maximum atomic E-state index is 12.1. The molecular weight excluding hydrogens is 234 g/mol. The van der Waals surface area contributed by atoms with Gasteiger partial charge in [-0.25, -0.2) is 0 Å². The van der Waals surface area contributed by atoms with Crippen molar-refractivity contribution in [1.29, 1.82) is 0 Å². The summed E-state index contributed by atoms with van der Waals surface area (Å²) >= 11 is 0. The van der Waals surface area contributed by atoms with E-state index < -0.39 is 23.2 Å². The van der Waals surface area contributed by atoms with Gasteiger partial charge in [-0.3, -0.25) is 9.59 Å². The molecule has 18 heavy (non-hydrogen) atoms. The molecule has 0 aromatic heterocycles. The van der Waals surface area contributed by atoms with Gasteiger partial charge < -0.3 is 15.2 Å². The first-order valence-corrected chi connectivity index (χ1v) is 6.50. The third-order valence-electron chi connectivity index (χ3n) is 4.27. The maximum absolute atomic E-state index is 12.1. The zero-order valence-electron chi connectivity index (χ0n) is 11.1. The van der Waals surface area contributed by atoms with Crippen LogP contribution in [0.2, 0.25) is 0 Å². The van der Waals surface area contributed by atoms with Crippen LogP contribution in [-0.2, 0) is 14.3 Å². The fourth-order valence-electron chi connectivity index (χ4n) is 2.99. The number of hydrogen-bond donors (Lipinski definition) is 2. The van der Waals surface area contributed by atoms with E-state index in [2.05, 4.69) is 5.32 Å². The molecule has 1 aliphatic heterocycles. The van der Waals surface area contributed by atoms with E-state index in [1.54, 1.807) is 0 Å². The van der Waals surface area contributed by atoms with E-state index in [9.17, 15) is 9.59 Å². The van der Waals surface area contributed by atoms with Crippen LogP contribution in [0, 0.1) is 17.3 Å². The molecule has 1 aliphatic carbocycles. The van der Waals surface area contributed by atoms with Gasteiger partial charge in [-0.05, 0) is 25.2 Å². The van der Waals surface area contributed by atoms with Gasteiger partial charge >= 0.3 is 5.97 Å². The van der Waals surface area contributed by atoms with Gasteiger partial charge in [0.05, 0.1) is 24.0 Å². The van der Waals surface area contributed by atoms with Crippen LogP contribution in [-0.4, -0.2) is 35.7 Å². The van der Waals surface area contributed by atoms with E-state index in [1.807, 2.05) is 20.8 Å². The minimum absolute atomic E-state index is 0.0501. The van der Waals surface area contributed by atoms with E-state index in [1.165, 1.54) is 0 Å². The van der Waals surface area contributed by atoms with Crippen molar-refractivity contribution in [1.82, 2.24) is 5.32 Å². The number of carboxylic acids is 1. The summed E-state index contributed by atoms with van der Waals surface area (Å²) in [7, 11) is 0. The highest BCUT2D eigenvalue weighted by atomic mass is 16.5. The van der Waals surface area contributed by atoms with E-state index in [4.69, 9.17) is 9.84 Å². The van der Waals surface area contributed by atoms with Crippen molar-refractivity contribution in [2.24, 2.45) is 17.3 Å². The second-order valence-corrected chi connectivity index (χ2v) is 5.96. The molecule has 1 saturated heterocycles. The molecule has 102 valence electrons. The molecule has 0 aromatic rings. The summed E-state index contributed by atoms with van der Waals surface area (Å²) in [5.74, 6) is -2.02. The lowest BCUT2D eigenvalue weighted by molar-refractivity contribution is -0.140. The number of hydrogen-bond acceptors (Lipinski definition) is 3. The average Bonchev–Trinajstić information content (AvgIpc) is 2.67. The summed E-state index contributed by atoms with van der Waals surface area (Å²) in [5, 5.41) is 11.9. The second-order valence-electron chi connectivity index (χ2n) is 5.96. The molecule has 2 rings (SSSR count). The lowest BCUT2D eigenvalue weighted by Gasteiger charge is -2.20. The van der Waals surface area contributed by atoms with E-state index in [0.29, 0.717) is 0 Å². The molecule has 1 saturated carbocycles. The molecule has 0 spiro atoms. The highest BCUT2D eigenvalue weighted by molar-refractivity contribution is 5.91. The van der Waals surface area contributed by atoms with Crippen molar-refractivity contribution < 1.29 is 19.4 Å². The monoisotopic (exact) mass is 255 g/mol. The standard InChI is InChI=1S/C13H21NO4/c1-7(8-5-4-6-18-8)14-11(15)9-10(12(16)17)13(9,2)3/h7-10H,4-6H2,1-3H3,(H,14,15)(H,16,17). The average molecular weight is 255 g/mol. The van der Waals surface area contributed by atoms with Crippen LogP contribution in [0.3, 0.4) is 0 Å². The summed E-state index contributed by atoms with van der Waals surface area (Å²) < 4.78 is 5.51. The van der Waals surface area contributed by atoms with Gasteiger partial charge in [0.2, 0.25) is 5.91 Å². The fourth-order valence-corrected chi connectivity index (χ4v) is 2.99.